The average molecular weight is 177 g/mol. The molecule has 2 heterocycles. The molecule has 0 radical (unpaired) electrons. The first kappa shape index (κ1) is 8.04. The number of fused-ring (bicyclic) bond motifs is 1. The van der Waals surface area contributed by atoms with Gasteiger partial charge in [-0.05, 0) is 5.92 Å². The van der Waals surface area contributed by atoms with Gasteiger partial charge in [0, 0.05) is 24.3 Å². The first-order valence-electron chi connectivity index (χ1n) is 4.25. The minimum atomic E-state index is -0.144. The average Bonchev–Trinajstić information content (AvgIpc) is 2.48. The molecule has 0 aliphatic heterocycles. The van der Waals surface area contributed by atoms with Crippen molar-refractivity contribution in [3.63, 3.8) is 0 Å². The van der Waals surface area contributed by atoms with Crippen molar-refractivity contribution >= 4 is 5.65 Å². The van der Waals surface area contributed by atoms with E-state index in [0.717, 1.165) is 5.69 Å². The number of H-pyrrole nitrogens is 1. The van der Waals surface area contributed by atoms with Crippen LogP contribution in [0.25, 0.3) is 5.65 Å². The normalized spacial score (nSPS) is 11.3. The molecule has 0 aliphatic rings. The summed E-state index contributed by atoms with van der Waals surface area (Å²) in [6, 6.07) is 0. The molecule has 4 heteroatoms. The van der Waals surface area contributed by atoms with Gasteiger partial charge in [0.25, 0.3) is 5.56 Å². The Kier molecular flexibility index (Phi) is 1.69. The number of imidazole rings is 1. The van der Waals surface area contributed by atoms with Crippen LogP contribution in [0.5, 0.6) is 0 Å². The summed E-state index contributed by atoms with van der Waals surface area (Å²) in [5.74, 6) is 0.372. The third-order valence-corrected chi connectivity index (χ3v) is 2.06. The molecule has 0 unspecified atom stereocenters. The molecule has 0 amide bonds. The van der Waals surface area contributed by atoms with Crippen LogP contribution in [-0.2, 0) is 0 Å². The van der Waals surface area contributed by atoms with E-state index in [1.54, 1.807) is 12.4 Å². The molecule has 0 aromatic carbocycles. The second-order valence-corrected chi connectivity index (χ2v) is 3.32. The summed E-state index contributed by atoms with van der Waals surface area (Å²) in [5.41, 5.74) is 1.38. The highest BCUT2D eigenvalue weighted by molar-refractivity contribution is 5.37. The van der Waals surface area contributed by atoms with E-state index in [1.807, 2.05) is 10.6 Å². The number of nitrogens with zero attached hydrogens (tertiary/aromatic N) is 2. The molecule has 0 aliphatic carbocycles. The lowest BCUT2D eigenvalue weighted by Crippen LogP contribution is -2.09. The van der Waals surface area contributed by atoms with Gasteiger partial charge in [0.1, 0.15) is 0 Å². The molecule has 0 spiro atoms. The highest BCUT2D eigenvalue weighted by Crippen LogP contribution is 2.13. The fourth-order valence-electron chi connectivity index (χ4n) is 1.38. The van der Waals surface area contributed by atoms with Gasteiger partial charge < -0.3 is 4.98 Å². The van der Waals surface area contributed by atoms with Crippen LogP contribution in [0.15, 0.2) is 23.4 Å². The summed E-state index contributed by atoms with van der Waals surface area (Å²) in [6.07, 6.45) is 5.19. The molecular weight excluding hydrogens is 166 g/mol. The number of hydrogen-bond acceptors (Lipinski definition) is 2. The largest absolute Gasteiger partial charge is 0.324 e. The van der Waals surface area contributed by atoms with Crippen molar-refractivity contribution in [2.24, 2.45) is 0 Å². The second kappa shape index (κ2) is 2.73. The van der Waals surface area contributed by atoms with Gasteiger partial charge in [0.05, 0.1) is 0 Å². The van der Waals surface area contributed by atoms with Gasteiger partial charge in [0.2, 0.25) is 5.65 Å². The van der Waals surface area contributed by atoms with Crippen molar-refractivity contribution in [3.05, 3.63) is 34.6 Å². The van der Waals surface area contributed by atoms with Crippen molar-refractivity contribution in [2.45, 2.75) is 19.8 Å². The van der Waals surface area contributed by atoms with Crippen LogP contribution in [-0.4, -0.2) is 14.4 Å². The van der Waals surface area contributed by atoms with Crippen molar-refractivity contribution in [1.29, 1.82) is 0 Å². The van der Waals surface area contributed by atoms with Crippen LogP contribution >= 0.6 is 0 Å². The topological polar surface area (TPSA) is 50.2 Å². The molecule has 2 aromatic rings. The first-order valence-corrected chi connectivity index (χ1v) is 4.25. The van der Waals surface area contributed by atoms with Crippen LogP contribution < -0.4 is 5.56 Å². The number of nitrogens with one attached hydrogen (secondary N) is 1. The van der Waals surface area contributed by atoms with Gasteiger partial charge in [0.15, 0.2) is 0 Å². The molecule has 2 rings (SSSR count). The Labute approximate surface area is 75.2 Å². The summed E-state index contributed by atoms with van der Waals surface area (Å²) < 4.78 is 1.82. The molecule has 1 N–H and O–H groups in total. The lowest BCUT2D eigenvalue weighted by Gasteiger charge is -2.02. The highest BCUT2D eigenvalue weighted by atomic mass is 16.1. The van der Waals surface area contributed by atoms with Crippen molar-refractivity contribution < 1.29 is 0 Å². The van der Waals surface area contributed by atoms with Gasteiger partial charge in [-0.15, -0.1) is 0 Å². The maximum absolute atomic E-state index is 11.3. The van der Waals surface area contributed by atoms with Crippen LogP contribution in [0.4, 0.5) is 0 Å². The Bertz CT molecular complexity index is 481. The third kappa shape index (κ3) is 1.14. The maximum Gasteiger partial charge on any atom is 0.291 e. The Morgan fingerprint density at radius 1 is 1.54 bits per heavy atom. The SMILES string of the molecule is CC(C)c1cnc2c(=O)[nH]ccn12. The lowest BCUT2D eigenvalue weighted by molar-refractivity contribution is 0.805. The number of hydrogen-bond donors (Lipinski definition) is 1. The molecule has 13 heavy (non-hydrogen) atoms. The molecule has 0 saturated carbocycles. The van der Waals surface area contributed by atoms with E-state index < -0.39 is 0 Å². The van der Waals surface area contributed by atoms with Crippen LogP contribution in [0, 0.1) is 0 Å². The zero-order valence-electron chi connectivity index (χ0n) is 7.61. The molecular formula is C9H11N3O. The van der Waals surface area contributed by atoms with E-state index in [2.05, 4.69) is 23.8 Å². The lowest BCUT2D eigenvalue weighted by atomic mass is 10.1. The van der Waals surface area contributed by atoms with Crippen LogP contribution in [0.3, 0.4) is 0 Å². The quantitative estimate of drug-likeness (QED) is 0.710. The predicted molar refractivity (Wildman–Crippen MR) is 49.9 cm³/mol. The first-order chi connectivity index (χ1) is 6.20. The Morgan fingerprint density at radius 3 is 3.00 bits per heavy atom. The smallest absolute Gasteiger partial charge is 0.291 e. The van der Waals surface area contributed by atoms with Gasteiger partial charge in [-0.2, -0.15) is 0 Å². The second-order valence-electron chi connectivity index (χ2n) is 3.32. The number of rotatable bonds is 1. The minimum Gasteiger partial charge on any atom is -0.324 e. The van der Waals surface area contributed by atoms with Gasteiger partial charge in [-0.1, -0.05) is 13.8 Å². The summed E-state index contributed by atoms with van der Waals surface area (Å²) in [7, 11) is 0. The zero-order valence-corrected chi connectivity index (χ0v) is 7.61. The molecule has 0 atom stereocenters. The van der Waals surface area contributed by atoms with E-state index >= 15 is 0 Å². The van der Waals surface area contributed by atoms with Crippen LogP contribution in [0.1, 0.15) is 25.5 Å². The monoisotopic (exact) mass is 177 g/mol. The fourth-order valence-corrected chi connectivity index (χ4v) is 1.38. The molecule has 4 nitrogen and oxygen atoms in total. The molecule has 0 bridgehead atoms. The third-order valence-electron chi connectivity index (χ3n) is 2.06. The number of aromatic nitrogens is 3. The van der Waals surface area contributed by atoms with E-state index in [0.29, 0.717) is 11.6 Å². The van der Waals surface area contributed by atoms with Gasteiger partial charge in [-0.25, -0.2) is 4.98 Å². The van der Waals surface area contributed by atoms with Crippen molar-refractivity contribution in [3.8, 4) is 0 Å². The molecule has 68 valence electrons. The Hall–Kier alpha value is -1.58. The maximum atomic E-state index is 11.3. The van der Waals surface area contributed by atoms with Crippen molar-refractivity contribution in [1.82, 2.24) is 14.4 Å². The predicted octanol–water partition coefficient (Wildman–Crippen LogP) is 1.15. The molecule has 0 fully saturated rings. The summed E-state index contributed by atoms with van der Waals surface area (Å²) in [6.45, 7) is 4.15. The van der Waals surface area contributed by atoms with Crippen LogP contribution in [0.2, 0.25) is 0 Å². The van der Waals surface area contributed by atoms with E-state index in [4.69, 9.17) is 0 Å². The fraction of sp³-hybridized carbons (Fsp3) is 0.333. The van der Waals surface area contributed by atoms with Gasteiger partial charge in [-0.3, -0.25) is 9.20 Å². The standard InChI is InChI=1S/C9H11N3O/c1-6(2)7-5-11-8-9(13)10-3-4-12(7)8/h3-6H,1-2H3,(H,10,13). The van der Waals surface area contributed by atoms with E-state index in [9.17, 15) is 4.79 Å². The van der Waals surface area contributed by atoms with Gasteiger partial charge >= 0.3 is 0 Å². The van der Waals surface area contributed by atoms with E-state index in [1.165, 1.54) is 0 Å². The zero-order chi connectivity index (χ0) is 9.42. The molecule has 0 saturated heterocycles. The highest BCUT2D eigenvalue weighted by Gasteiger charge is 2.07. The molecule has 2 aromatic heterocycles. The summed E-state index contributed by atoms with van der Waals surface area (Å²) in [4.78, 5) is 17.9. The van der Waals surface area contributed by atoms with E-state index in [-0.39, 0.29) is 5.56 Å². The summed E-state index contributed by atoms with van der Waals surface area (Å²) >= 11 is 0. The van der Waals surface area contributed by atoms with Crippen molar-refractivity contribution in [2.75, 3.05) is 0 Å². The summed E-state index contributed by atoms with van der Waals surface area (Å²) in [5, 5.41) is 0. The minimum absolute atomic E-state index is 0.144. The number of aromatic amines is 1. The Balaban J connectivity index is 2.83. The Morgan fingerprint density at radius 2 is 2.31 bits per heavy atom.